The maximum atomic E-state index is 15.4. The van der Waals surface area contributed by atoms with Crippen molar-refractivity contribution >= 4 is 12.7 Å². The van der Waals surface area contributed by atoms with Gasteiger partial charge in [-0.2, -0.15) is 0 Å². The molecule has 1 aromatic rings. The first kappa shape index (κ1) is 22.0. The predicted molar refractivity (Wildman–Crippen MR) is 101 cm³/mol. The highest BCUT2D eigenvalue weighted by atomic mass is 19.1. The molecule has 0 amide bonds. The van der Waals surface area contributed by atoms with E-state index in [2.05, 4.69) is 0 Å². The maximum Gasteiger partial charge on any atom is 0.525 e. The first-order valence-electron chi connectivity index (χ1n) is 9.07. The standard InChI is InChI=1S/C20H28BF3O3/c1-18(2,3)25-11-10-15(14-9-8-13(22)12-16(14)23)17(24)21-26-19(4,5)20(6,7)27-21/h8-9,12H,10-11H2,1-7H3. The van der Waals surface area contributed by atoms with E-state index in [9.17, 15) is 8.78 Å². The Morgan fingerprint density at radius 2 is 1.63 bits per heavy atom. The fourth-order valence-electron chi connectivity index (χ4n) is 2.67. The largest absolute Gasteiger partial charge is 0.525 e. The number of ether oxygens (including phenoxy) is 1. The van der Waals surface area contributed by atoms with E-state index in [0.29, 0.717) is 0 Å². The van der Waals surface area contributed by atoms with Crippen LogP contribution in [0.25, 0.3) is 5.57 Å². The summed E-state index contributed by atoms with van der Waals surface area (Å²) in [4.78, 5) is 0. The molecule has 0 unspecified atom stereocenters. The third-order valence-electron chi connectivity index (χ3n) is 4.89. The third kappa shape index (κ3) is 5.15. The monoisotopic (exact) mass is 384 g/mol. The normalized spacial score (nSPS) is 20.0. The Kier molecular flexibility index (Phi) is 6.19. The fourth-order valence-corrected chi connectivity index (χ4v) is 2.67. The maximum absolute atomic E-state index is 15.4. The molecule has 0 N–H and O–H groups in total. The van der Waals surface area contributed by atoms with Crippen molar-refractivity contribution in [1.82, 2.24) is 0 Å². The molecule has 0 atom stereocenters. The lowest BCUT2D eigenvalue weighted by molar-refractivity contribution is 0.000553. The molecule has 27 heavy (non-hydrogen) atoms. The summed E-state index contributed by atoms with van der Waals surface area (Å²) in [5.41, 5.74) is -2.59. The number of halogens is 3. The summed E-state index contributed by atoms with van der Waals surface area (Å²) in [6.07, 6.45) is 0.0930. The molecule has 1 fully saturated rings. The van der Waals surface area contributed by atoms with Gasteiger partial charge in [-0.25, -0.2) is 13.2 Å². The molecule has 1 saturated heterocycles. The molecule has 7 heteroatoms. The van der Waals surface area contributed by atoms with E-state index >= 15 is 4.39 Å². The number of rotatable bonds is 5. The van der Waals surface area contributed by atoms with Crippen molar-refractivity contribution in [3.8, 4) is 0 Å². The van der Waals surface area contributed by atoms with Crippen LogP contribution in [0, 0.1) is 11.6 Å². The van der Waals surface area contributed by atoms with E-state index in [-0.39, 0.29) is 24.2 Å². The van der Waals surface area contributed by atoms with Gasteiger partial charge in [-0.3, -0.25) is 0 Å². The Morgan fingerprint density at radius 1 is 1.07 bits per heavy atom. The van der Waals surface area contributed by atoms with E-state index in [4.69, 9.17) is 14.0 Å². The summed E-state index contributed by atoms with van der Waals surface area (Å²) < 4.78 is 60.2. The van der Waals surface area contributed by atoms with Crippen molar-refractivity contribution in [2.75, 3.05) is 6.61 Å². The summed E-state index contributed by atoms with van der Waals surface area (Å²) in [7, 11) is -1.26. The van der Waals surface area contributed by atoms with Gasteiger partial charge in [-0.1, -0.05) is 0 Å². The minimum absolute atomic E-state index is 0.0267. The van der Waals surface area contributed by atoms with Gasteiger partial charge >= 0.3 is 7.12 Å². The lowest BCUT2D eigenvalue weighted by Crippen LogP contribution is -2.41. The number of hydrogen-bond donors (Lipinski definition) is 0. The molecule has 0 aliphatic carbocycles. The molecule has 0 saturated carbocycles. The van der Waals surface area contributed by atoms with Gasteiger partial charge in [0, 0.05) is 11.6 Å². The SMILES string of the molecule is CC(C)(C)OCCC(=C(F)B1OC(C)(C)C(C)(C)O1)c1ccc(F)cc1F. The van der Waals surface area contributed by atoms with Crippen LogP contribution >= 0.6 is 0 Å². The van der Waals surface area contributed by atoms with Crippen LogP contribution in [-0.4, -0.2) is 30.5 Å². The van der Waals surface area contributed by atoms with Crippen LogP contribution in [0.4, 0.5) is 13.2 Å². The van der Waals surface area contributed by atoms with Gasteiger partial charge in [-0.15, -0.1) is 0 Å². The molecule has 150 valence electrons. The number of benzene rings is 1. The van der Waals surface area contributed by atoms with E-state index in [1.165, 1.54) is 6.07 Å². The second kappa shape index (κ2) is 7.61. The van der Waals surface area contributed by atoms with Crippen LogP contribution < -0.4 is 0 Å². The van der Waals surface area contributed by atoms with Crippen LogP contribution in [0.5, 0.6) is 0 Å². The van der Waals surface area contributed by atoms with Crippen molar-refractivity contribution in [2.45, 2.75) is 71.7 Å². The first-order valence-corrected chi connectivity index (χ1v) is 9.07. The highest BCUT2D eigenvalue weighted by Crippen LogP contribution is 2.41. The highest BCUT2D eigenvalue weighted by molar-refractivity contribution is 6.55. The molecule has 0 spiro atoms. The second-order valence-electron chi connectivity index (χ2n) is 8.75. The zero-order chi connectivity index (χ0) is 20.6. The summed E-state index contributed by atoms with van der Waals surface area (Å²) in [5.74, 6) is -1.56. The molecule has 1 aromatic carbocycles. The molecule has 3 nitrogen and oxygen atoms in total. The quantitative estimate of drug-likeness (QED) is 0.629. The van der Waals surface area contributed by atoms with Gasteiger partial charge in [-0.05, 0) is 72.6 Å². The third-order valence-corrected chi connectivity index (χ3v) is 4.89. The van der Waals surface area contributed by atoms with Crippen molar-refractivity contribution < 1.29 is 27.2 Å². The first-order chi connectivity index (χ1) is 12.2. The van der Waals surface area contributed by atoms with Gasteiger partial charge in [0.05, 0.1) is 23.4 Å². The lowest BCUT2D eigenvalue weighted by Gasteiger charge is -2.32. The molecule has 2 rings (SSSR count). The van der Waals surface area contributed by atoms with Crippen LogP contribution in [0.3, 0.4) is 0 Å². The van der Waals surface area contributed by atoms with Crippen molar-refractivity contribution in [1.29, 1.82) is 0 Å². The summed E-state index contributed by atoms with van der Waals surface area (Å²) in [6.45, 7) is 13.0. The predicted octanol–water partition coefficient (Wildman–Crippen LogP) is 5.48. The molecule has 0 aromatic heterocycles. The summed E-state index contributed by atoms with van der Waals surface area (Å²) in [5, 5.41) is 0. The Labute approximate surface area is 160 Å². The molecule has 1 aliphatic rings. The number of hydrogen-bond acceptors (Lipinski definition) is 3. The lowest BCUT2D eigenvalue weighted by atomic mass is 9.81. The molecule has 1 heterocycles. The smallest absolute Gasteiger partial charge is 0.398 e. The minimum Gasteiger partial charge on any atom is -0.398 e. The van der Waals surface area contributed by atoms with Gasteiger partial charge in [0.2, 0.25) is 0 Å². The molecule has 1 aliphatic heterocycles. The van der Waals surface area contributed by atoms with E-state index < -0.39 is 41.3 Å². The Balaban J connectivity index is 2.40. The van der Waals surface area contributed by atoms with Crippen molar-refractivity contribution in [3.05, 3.63) is 41.1 Å². The van der Waals surface area contributed by atoms with Crippen LogP contribution in [-0.2, 0) is 14.0 Å². The highest BCUT2D eigenvalue weighted by Gasteiger charge is 2.53. The average Bonchev–Trinajstić information content (AvgIpc) is 2.71. The molecule has 0 radical (unpaired) electrons. The Bertz CT molecular complexity index is 708. The Morgan fingerprint density at radius 3 is 2.11 bits per heavy atom. The van der Waals surface area contributed by atoms with Crippen LogP contribution in [0.1, 0.15) is 60.5 Å². The minimum atomic E-state index is -1.26. The Hall–Kier alpha value is -1.31. The molecular formula is C20H28BF3O3. The zero-order valence-corrected chi connectivity index (χ0v) is 17.1. The zero-order valence-electron chi connectivity index (χ0n) is 17.1. The van der Waals surface area contributed by atoms with E-state index in [1.54, 1.807) is 27.7 Å². The van der Waals surface area contributed by atoms with E-state index in [1.807, 2.05) is 20.8 Å². The van der Waals surface area contributed by atoms with Gasteiger partial charge in [0.1, 0.15) is 17.4 Å². The second-order valence-corrected chi connectivity index (χ2v) is 8.75. The van der Waals surface area contributed by atoms with Crippen LogP contribution in [0.15, 0.2) is 23.9 Å². The average molecular weight is 384 g/mol. The van der Waals surface area contributed by atoms with E-state index in [0.717, 1.165) is 12.1 Å². The molecule has 0 bridgehead atoms. The van der Waals surface area contributed by atoms with Gasteiger partial charge in [0.25, 0.3) is 0 Å². The fraction of sp³-hybridized carbons (Fsp3) is 0.600. The summed E-state index contributed by atoms with van der Waals surface area (Å²) >= 11 is 0. The van der Waals surface area contributed by atoms with Gasteiger partial charge < -0.3 is 14.0 Å². The van der Waals surface area contributed by atoms with Crippen LogP contribution in [0.2, 0.25) is 0 Å². The summed E-state index contributed by atoms with van der Waals surface area (Å²) in [6, 6.07) is 3.06. The molecular weight excluding hydrogens is 356 g/mol. The van der Waals surface area contributed by atoms with Crippen molar-refractivity contribution in [3.63, 3.8) is 0 Å². The van der Waals surface area contributed by atoms with Crippen molar-refractivity contribution in [2.24, 2.45) is 0 Å². The van der Waals surface area contributed by atoms with Gasteiger partial charge in [0.15, 0.2) is 0 Å². The topological polar surface area (TPSA) is 27.7 Å².